The van der Waals surface area contributed by atoms with Gasteiger partial charge >= 0.3 is 0 Å². The molecule has 104 valence electrons. The molecule has 4 rings (SSSR count). The van der Waals surface area contributed by atoms with Crippen LogP contribution in [0.5, 0.6) is 11.5 Å². The van der Waals surface area contributed by atoms with Gasteiger partial charge in [-0.15, -0.1) is 10.2 Å². The third-order valence-corrected chi connectivity index (χ3v) is 3.55. The van der Waals surface area contributed by atoms with Crippen LogP contribution in [0.2, 0.25) is 0 Å². The number of ether oxygens (including phenoxy) is 3. The van der Waals surface area contributed by atoms with E-state index < -0.39 is 0 Å². The maximum absolute atomic E-state index is 5.72. The first kappa shape index (κ1) is 11.7. The van der Waals surface area contributed by atoms with Crippen LogP contribution in [0.4, 0.5) is 0 Å². The number of hydrogen-bond donors (Lipinski definition) is 0. The SMILES string of the molecule is c1cc2c(cc1Cc1nnc([C@H]3CCOC3)o1)OCO2. The predicted octanol–water partition coefficient (Wildman–Crippen LogP) is 1.89. The van der Waals surface area contributed by atoms with E-state index in [2.05, 4.69) is 10.2 Å². The Bertz CT molecular complexity index is 619. The summed E-state index contributed by atoms with van der Waals surface area (Å²) in [4.78, 5) is 0. The first-order chi connectivity index (χ1) is 9.88. The minimum Gasteiger partial charge on any atom is -0.454 e. The summed E-state index contributed by atoms with van der Waals surface area (Å²) >= 11 is 0. The molecule has 0 bridgehead atoms. The Morgan fingerprint density at radius 1 is 1.15 bits per heavy atom. The fourth-order valence-corrected chi connectivity index (χ4v) is 2.46. The van der Waals surface area contributed by atoms with Gasteiger partial charge in [-0.2, -0.15) is 0 Å². The Labute approximate surface area is 115 Å². The van der Waals surface area contributed by atoms with E-state index in [1.807, 2.05) is 18.2 Å². The van der Waals surface area contributed by atoms with Crippen LogP contribution in [0.3, 0.4) is 0 Å². The van der Waals surface area contributed by atoms with Crippen LogP contribution < -0.4 is 9.47 Å². The van der Waals surface area contributed by atoms with Gasteiger partial charge in [-0.1, -0.05) is 6.07 Å². The van der Waals surface area contributed by atoms with Gasteiger partial charge in [0.2, 0.25) is 18.6 Å². The van der Waals surface area contributed by atoms with Crippen molar-refractivity contribution >= 4 is 0 Å². The zero-order valence-corrected chi connectivity index (χ0v) is 10.9. The maximum Gasteiger partial charge on any atom is 0.231 e. The van der Waals surface area contributed by atoms with Crippen molar-refractivity contribution in [3.05, 3.63) is 35.5 Å². The Balaban J connectivity index is 1.51. The molecule has 6 nitrogen and oxygen atoms in total. The van der Waals surface area contributed by atoms with Crippen molar-refractivity contribution in [3.8, 4) is 11.5 Å². The van der Waals surface area contributed by atoms with E-state index in [-0.39, 0.29) is 12.7 Å². The molecule has 0 saturated carbocycles. The van der Waals surface area contributed by atoms with E-state index in [9.17, 15) is 0 Å². The van der Waals surface area contributed by atoms with Gasteiger partial charge < -0.3 is 18.6 Å². The summed E-state index contributed by atoms with van der Waals surface area (Å²) in [7, 11) is 0. The molecule has 0 aliphatic carbocycles. The van der Waals surface area contributed by atoms with E-state index >= 15 is 0 Å². The molecule has 2 aliphatic rings. The summed E-state index contributed by atoms with van der Waals surface area (Å²) < 4.78 is 21.7. The number of benzene rings is 1. The van der Waals surface area contributed by atoms with E-state index in [1.165, 1.54) is 0 Å². The predicted molar refractivity (Wildman–Crippen MR) is 67.8 cm³/mol. The van der Waals surface area contributed by atoms with Crippen LogP contribution in [-0.2, 0) is 11.2 Å². The lowest BCUT2D eigenvalue weighted by Gasteiger charge is -2.01. The average Bonchev–Trinajstić information content (AvgIpc) is 3.19. The topological polar surface area (TPSA) is 66.6 Å². The molecule has 1 saturated heterocycles. The van der Waals surface area contributed by atoms with Crippen molar-refractivity contribution in [2.24, 2.45) is 0 Å². The Morgan fingerprint density at radius 2 is 2.10 bits per heavy atom. The van der Waals surface area contributed by atoms with Gasteiger partial charge in [-0.05, 0) is 24.1 Å². The molecule has 0 N–H and O–H groups in total. The lowest BCUT2D eigenvalue weighted by atomic mass is 10.1. The van der Waals surface area contributed by atoms with Crippen LogP contribution in [0, 0.1) is 0 Å². The van der Waals surface area contributed by atoms with Crippen LogP contribution in [0.1, 0.15) is 29.7 Å². The molecule has 6 heteroatoms. The summed E-state index contributed by atoms with van der Waals surface area (Å²) in [5.41, 5.74) is 1.06. The summed E-state index contributed by atoms with van der Waals surface area (Å²) in [5, 5.41) is 8.22. The molecule has 0 radical (unpaired) electrons. The Hall–Kier alpha value is -2.08. The Morgan fingerprint density at radius 3 is 3.00 bits per heavy atom. The molecular formula is C14H14N2O4. The monoisotopic (exact) mass is 274 g/mol. The van der Waals surface area contributed by atoms with E-state index in [0.29, 0.717) is 24.8 Å². The van der Waals surface area contributed by atoms with Crippen LogP contribution in [0.15, 0.2) is 22.6 Å². The molecular weight excluding hydrogens is 260 g/mol. The lowest BCUT2D eigenvalue weighted by Crippen LogP contribution is -1.97. The molecule has 20 heavy (non-hydrogen) atoms. The Kier molecular flexibility index (Phi) is 2.81. The van der Waals surface area contributed by atoms with Crippen LogP contribution >= 0.6 is 0 Å². The highest BCUT2D eigenvalue weighted by Gasteiger charge is 2.23. The standard InChI is InChI=1S/C14H14N2O4/c1-2-11-12(19-8-18-11)5-9(1)6-13-15-16-14(20-13)10-3-4-17-7-10/h1-2,5,10H,3-4,6-8H2/t10-/m0/s1. The van der Waals surface area contributed by atoms with Crippen molar-refractivity contribution in [2.45, 2.75) is 18.8 Å². The third-order valence-electron chi connectivity index (χ3n) is 3.55. The molecule has 0 amide bonds. The molecule has 2 aliphatic heterocycles. The van der Waals surface area contributed by atoms with Crippen molar-refractivity contribution in [1.82, 2.24) is 10.2 Å². The van der Waals surface area contributed by atoms with Crippen molar-refractivity contribution in [3.63, 3.8) is 0 Å². The lowest BCUT2D eigenvalue weighted by molar-refractivity contribution is 0.174. The van der Waals surface area contributed by atoms with Gasteiger partial charge in [0.15, 0.2) is 11.5 Å². The first-order valence-corrected chi connectivity index (χ1v) is 6.67. The normalized spacial score (nSPS) is 20.5. The fourth-order valence-electron chi connectivity index (χ4n) is 2.46. The number of nitrogens with zero attached hydrogens (tertiary/aromatic N) is 2. The summed E-state index contributed by atoms with van der Waals surface area (Å²) in [6.45, 7) is 1.72. The van der Waals surface area contributed by atoms with Gasteiger partial charge in [-0.25, -0.2) is 0 Å². The number of hydrogen-bond acceptors (Lipinski definition) is 6. The molecule has 1 aromatic heterocycles. The highest BCUT2D eigenvalue weighted by molar-refractivity contribution is 5.44. The average molecular weight is 274 g/mol. The molecule has 2 aromatic rings. The molecule has 3 heterocycles. The molecule has 1 aromatic carbocycles. The molecule has 1 fully saturated rings. The summed E-state index contributed by atoms with van der Waals surface area (Å²) in [6, 6.07) is 5.83. The van der Waals surface area contributed by atoms with E-state index in [4.69, 9.17) is 18.6 Å². The molecule has 1 atom stereocenters. The fraction of sp³-hybridized carbons (Fsp3) is 0.429. The number of aromatic nitrogens is 2. The van der Waals surface area contributed by atoms with Crippen LogP contribution in [-0.4, -0.2) is 30.2 Å². The van der Waals surface area contributed by atoms with Gasteiger partial charge in [0.1, 0.15) is 0 Å². The maximum atomic E-state index is 5.72. The van der Waals surface area contributed by atoms with E-state index in [1.54, 1.807) is 0 Å². The van der Waals surface area contributed by atoms with Crippen molar-refractivity contribution < 1.29 is 18.6 Å². The zero-order chi connectivity index (χ0) is 13.4. The smallest absolute Gasteiger partial charge is 0.231 e. The first-order valence-electron chi connectivity index (χ1n) is 6.67. The molecule has 0 unspecified atom stereocenters. The third kappa shape index (κ3) is 2.12. The quantitative estimate of drug-likeness (QED) is 0.851. The van der Waals surface area contributed by atoms with Gasteiger partial charge in [0.25, 0.3) is 0 Å². The molecule has 0 spiro atoms. The summed E-state index contributed by atoms with van der Waals surface area (Å²) in [5.74, 6) is 3.09. The summed E-state index contributed by atoms with van der Waals surface area (Å²) in [6.07, 6.45) is 1.54. The van der Waals surface area contributed by atoms with Gasteiger partial charge in [0, 0.05) is 6.61 Å². The highest BCUT2D eigenvalue weighted by atomic mass is 16.7. The van der Waals surface area contributed by atoms with E-state index in [0.717, 1.165) is 30.1 Å². The van der Waals surface area contributed by atoms with Gasteiger partial charge in [0.05, 0.1) is 18.9 Å². The van der Waals surface area contributed by atoms with Crippen LogP contribution in [0.25, 0.3) is 0 Å². The minimum atomic E-state index is 0.244. The largest absolute Gasteiger partial charge is 0.454 e. The van der Waals surface area contributed by atoms with Crippen molar-refractivity contribution in [1.29, 1.82) is 0 Å². The second-order valence-corrected chi connectivity index (χ2v) is 4.96. The second-order valence-electron chi connectivity index (χ2n) is 4.96. The van der Waals surface area contributed by atoms with Gasteiger partial charge in [-0.3, -0.25) is 0 Å². The number of rotatable bonds is 3. The zero-order valence-electron chi connectivity index (χ0n) is 10.9. The van der Waals surface area contributed by atoms with Crippen molar-refractivity contribution in [2.75, 3.05) is 20.0 Å². The number of fused-ring (bicyclic) bond motifs is 1. The second kappa shape index (κ2) is 4.79. The highest BCUT2D eigenvalue weighted by Crippen LogP contribution is 2.33. The minimum absolute atomic E-state index is 0.244.